The van der Waals surface area contributed by atoms with Crippen LogP contribution in [0.1, 0.15) is 12.5 Å². The van der Waals surface area contributed by atoms with Gasteiger partial charge in [0, 0.05) is 6.04 Å². The normalized spacial score (nSPS) is 12.6. The van der Waals surface area contributed by atoms with Gasteiger partial charge in [-0.1, -0.05) is 11.6 Å². The number of hydrogen-bond acceptors (Lipinski definition) is 3. The van der Waals surface area contributed by atoms with Crippen LogP contribution in [0.3, 0.4) is 0 Å². The average molecular weight is 216 g/mol. The molecule has 0 radical (unpaired) electrons. The lowest BCUT2D eigenvalue weighted by Crippen LogP contribution is -2.17. The van der Waals surface area contributed by atoms with Crippen LogP contribution in [0.2, 0.25) is 5.02 Å². The minimum absolute atomic E-state index is 0.0254. The molecule has 3 nitrogen and oxygen atoms in total. The van der Waals surface area contributed by atoms with E-state index in [4.69, 9.17) is 22.1 Å². The van der Waals surface area contributed by atoms with Crippen molar-refractivity contribution >= 4 is 11.6 Å². The van der Waals surface area contributed by atoms with Crippen molar-refractivity contribution in [3.8, 4) is 11.5 Å². The Balaban J connectivity index is 3.03. The number of ether oxygens (including phenoxy) is 1. The standard InChI is InChI=1S/C10H14ClNO2/c1-6(12)3-7-4-8(11)10(13)9(5-7)14-2/h4-6,13H,3,12H2,1-2H3. The molecule has 0 aliphatic carbocycles. The molecule has 4 heteroatoms. The van der Waals surface area contributed by atoms with E-state index in [1.807, 2.05) is 6.92 Å². The maximum absolute atomic E-state index is 9.47. The van der Waals surface area contributed by atoms with Crippen LogP contribution in [0.4, 0.5) is 0 Å². The van der Waals surface area contributed by atoms with Crippen molar-refractivity contribution in [1.29, 1.82) is 0 Å². The number of nitrogens with two attached hydrogens (primary N) is 1. The molecule has 0 saturated carbocycles. The molecule has 1 unspecified atom stereocenters. The molecule has 0 heterocycles. The quantitative estimate of drug-likeness (QED) is 0.810. The van der Waals surface area contributed by atoms with Gasteiger partial charge in [0.1, 0.15) is 0 Å². The van der Waals surface area contributed by atoms with Crippen molar-refractivity contribution in [3.05, 3.63) is 22.7 Å². The molecule has 0 saturated heterocycles. The van der Waals surface area contributed by atoms with Crippen molar-refractivity contribution in [2.45, 2.75) is 19.4 Å². The Morgan fingerprint density at radius 1 is 1.57 bits per heavy atom. The Hall–Kier alpha value is -0.930. The lowest BCUT2D eigenvalue weighted by molar-refractivity contribution is 0.373. The van der Waals surface area contributed by atoms with E-state index < -0.39 is 0 Å². The predicted molar refractivity (Wildman–Crippen MR) is 57.0 cm³/mol. The third kappa shape index (κ3) is 2.53. The largest absolute Gasteiger partial charge is 0.503 e. The van der Waals surface area contributed by atoms with Gasteiger partial charge in [0.05, 0.1) is 12.1 Å². The van der Waals surface area contributed by atoms with Gasteiger partial charge in [-0.15, -0.1) is 0 Å². The van der Waals surface area contributed by atoms with E-state index in [1.165, 1.54) is 7.11 Å². The van der Waals surface area contributed by atoms with Crippen molar-refractivity contribution in [3.63, 3.8) is 0 Å². The van der Waals surface area contributed by atoms with Gasteiger partial charge in [-0.25, -0.2) is 0 Å². The van der Waals surface area contributed by atoms with Gasteiger partial charge in [0.25, 0.3) is 0 Å². The first-order valence-corrected chi connectivity index (χ1v) is 4.73. The van der Waals surface area contributed by atoms with Gasteiger partial charge in [-0.2, -0.15) is 0 Å². The number of benzene rings is 1. The fraction of sp³-hybridized carbons (Fsp3) is 0.400. The molecular weight excluding hydrogens is 202 g/mol. The zero-order chi connectivity index (χ0) is 10.7. The highest BCUT2D eigenvalue weighted by atomic mass is 35.5. The first-order chi connectivity index (χ1) is 6.54. The summed E-state index contributed by atoms with van der Waals surface area (Å²) in [5.74, 6) is 0.357. The van der Waals surface area contributed by atoms with E-state index >= 15 is 0 Å². The second kappa shape index (κ2) is 4.53. The Morgan fingerprint density at radius 2 is 2.21 bits per heavy atom. The summed E-state index contributed by atoms with van der Waals surface area (Å²) in [7, 11) is 1.49. The maximum Gasteiger partial charge on any atom is 0.176 e. The lowest BCUT2D eigenvalue weighted by Gasteiger charge is -2.10. The highest BCUT2D eigenvalue weighted by molar-refractivity contribution is 6.32. The summed E-state index contributed by atoms with van der Waals surface area (Å²) < 4.78 is 4.97. The summed E-state index contributed by atoms with van der Waals surface area (Å²) in [4.78, 5) is 0. The van der Waals surface area contributed by atoms with Crippen LogP contribution in [-0.2, 0) is 6.42 Å². The fourth-order valence-corrected chi connectivity index (χ4v) is 1.51. The van der Waals surface area contributed by atoms with Crippen molar-refractivity contribution in [1.82, 2.24) is 0 Å². The van der Waals surface area contributed by atoms with Gasteiger partial charge < -0.3 is 15.6 Å². The van der Waals surface area contributed by atoms with E-state index in [-0.39, 0.29) is 11.8 Å². The van der Waals surface area contributed by atoms with Crippen LogP contribution in [0.5, 0.6) is 11.5 Å². The molecule has 0 amide bonds. The summed E-state index contributed by atoms with van der Waals surface area (Å²) in [6.07, 6.45) is 0.705. The monoisotopic (exact) mass is 215 g/mol. The SMILES string of the molecule is COc1cc(CC(C)N)cc(Cl)c1O. The van der Waals surface area contributed by atoms with E-state index in [1.54, 1.807) is 12.1 Å². The number of phenolic OH excluding ortho intramolecular Hbond substituents is 1. The molecule has 1 rings (SSSR count). The molecule has 14 heavy (non-hydrogen) atoms. The number of halogens is 1. The minimum Gasteiger partial charge on any atom is -0.503 e. The van der Waals surface area contributed by atoms with Crippen molar-refractivity contribution in [2.75, 3.05) is 7.11 Å². The highest BCUT2D eigenvalue weighted by Crippen LogP contribution is 2.35. The van der Waals surface area contributed by atoms with Crippen LogP contribution < -0.4 is 10.5 Å². The highest BCUT2D eigenvalue weighted by Gasteiger charge is 2.09. The lowest BCUT2D eigenvalue weighted by atomic mass is 10.1. The number of rotatable bonds is 3. The topological polar surface area (TPSA) is 55.5 Å². The van der Waals surface area contributed by atoms with E-state index in [0.29, 0.717) is 17.2 Å². The molecule has 0 aliphatic rings. The smallest absolute Gasteiger partial charge is 0.176 e. The minimum atomic E-state index is -0.0254. The first kappa shape index (κ1) is 11.1. The number of phenols is 1. The molecule has 0 bridgehead atoms. The Labute approximate surface area is 88.4 Å². The summed E-state index contributed by atoms with van der Waals surface area (Å²) in [6, 6.07) is 3.49. The molecule has 0 fully saturated rings. The number of aromatic hydroxyl groups is 1. The zero-order valence-corrected chi connectivity index (χ0v) is 9.01. The van der Waals surface area contributed by atoms with E-state index in [0.717, 1.165) is 5.56 Å². The maximum atomic E-state index is 9.47. The first-order valence-electron chi connectivity index (χ1n) is 4.35. The molecule has 1 aromatic carbocycles. The third-order valence-corrected chi connectivity index (χ3v) is 2.15. The number of methoxy groups -OCH3 is 1. The number of hydrogen-bond donors (Lipinski definition) is 2. The van der Waals surface area contributed by atoms with Gasteiger partial charge >= 0.3 is 0 Å². The summed E-state index contributed by atoms with van der Waals surface area (Å²) in [5, 5.41) is 9.76. The van der Waals surface area contributed by atoms with Crippen molar-refractivity contribution in [2.24, 2.45) is 5.73 Å². The van der Waals surface area contributed by atoms with E-state index in [2.05, 4.69) is 0 Å². The van der Waals surface area contributed by atoms with Crippen LogP contribution in [0.25, 0.3) is 0 Å². The second-order valence-corrected chi connectivity index (χ2v) is 3.72. The average Bonchev–Trinajstić information content (AvgIpc) is 2.10. The molecular formula is C10H14ClNO2. The molecule has 0 aliphatic heterocycles. The van der Waals surface area contributed by atoms with E-state index in [9.17, 15) is 5.11 Å². The molecule has 3 N–H and O–H groups in total. The molecule has 0 spiro atoms. The van der Waals surface area contributed by atoms with Gasteiger partial charge in [-0.05, 0) is 31.0 Å². The summed E-state index contributed by atoms with van der Waals surface area (Å²) in [5.41, 5.74) is 6.62. The summed E-state index contributed by atoms with van der Waals surface area (Å²) >= 11 is 5.81. The van der Waals surface area contributed by atoms with Crippen LogP contribution in [0, 0.1) is 0 Å². The van der Waals surface area contributed by atoms with Crippen LogP contribution in [-0.4, -0.2) is 18.3 Å². The Morgan fingerprint density at radius 3 is 2.71 bits per heavy atom. The second-order valence-electron chi connectivity index (χ2n) is 3.31. The van der Waals surface area contributed by atoms with Gasteiger partial charge in [0.2, 0.25) is 0 Å². The van der Waals surface area contributed by atoms with Gasteiger partial charge in [-0.3, -0.25) is 0 Å². The van der Waals surface area contributed by atoms with Gasteiger partial charge in [0.15, 0.2) is 11.5 Å². The summed E-state index contributed by atoms with van der Waals surface area (Å²) in [6.45, 7) is 1.91. The van der Waals surface area contributed by atoms with Crippen LogP contribution in [0.15, 0.2) is 12.1 Å². The van der Waals surface area contributed by atoms with Crippen LogP contribution >= 0.6 is 11.6 Å². The third-order valence-electron chi connectivity index (χ3n) is 1.87. The Bertz CT molecular complexity index is 326. The molecule has 78 valence electrons. The Kier molecular flexibility index (Phi) is 3.61. The van der Waals surface area contributed by atoms with Crippen molar-refractivity contribution < 1.29 is 9.84 Å². The predicted octanol–water partition coefficient (Wildman–Crippen LogP) is 1.94. The molecule has 1 atom stereocenters. The fourth-order valence-electron chi connectivity index (χ4n) is 1.27. The molecule has 1 aromatic rings. The molecule has 0 aromatic heterocycles. The zero-order valence-electron chi connectivity index (χ0n) is 8.25.